The molecule has 10 heteroatoms. The van der Waals surface area contributed by atoms with Gasteiger partial charge in [0.05, 0.1) is 23.7 Å². The quantitative estimate of drug-likeness (QED) is 0.655. The van der Waals surface area contributed by atoms with Gasteiger partial charge in [-0.15, -0.1) is 0 Å². The number of hydrogen-bond donors (Lipinski definition) is 0. The van der Waals surface area contributed by atoms with Crippen LogP contribution >= 0.6 is 23.2 Å². The van der Waals surface area contributed by atoms with E-state index in [9.17, 15) is 17.6 Å². The van der Waals surface area contributed by atoms with Crippen molar-refractivity contribution < 1.29 is 27.1 Å². The van der Waals surface area contributed by atoms with E-state index in [-0.39, 0.29) is 33.7 Å². The van der Waals surface area contributed by atoms with Crippen LogP contribution in [-0.4, -0.2) is 44.5 Å². The molecule has 0 unspecified atom stereocenters. The molecule has 2 aromatic rings. The van der Waals surface area contributed by atoms with Gasteiger partial charge in [-0.3, -0.25) is 4.79 Å². The first-order valence-corrected chi connectivity index (χ1v) is 10.4. The minimum atomic E-state index is -4.24. The Hall–Kier alpha value is -1.87. The Bertz CT molecular complexity index is 981. The molecule has 0 bridgehead atoms. The van der Waals surface area contributed by atoms with Crippen molar-refractivity contribution >= 4 is 39.2 Å². The third-order valence-electron chi connectivity index (χ3n) is 4.31. The van der Waals surface area contributed by atoms with Gasteiger partial charge in [-0.05, 0) is 24.3 Å². The first-order valence-electron chi connectivity index (χ1n) is 8.20. The number of benzene rings is 2. The van der Waals surface area contributed by atoms with Gasteiger partial charge in [-0.25, -0.2) is 12.8 Å². The second kappa shape index (κ2) is 8.24. The van der Waals surface area contributed by atoms with E-state index in [0.29, 0.717) is 0 Å². The minimum absolute atomic E-state index is 0.0116. The lowest BCUT2D eigenvalue weighted by atomic mass is 10.2. The fourth-order valence-electron chi connectivity index (χ4n) is 3.04. The van der Waals surface area contributed by atoms with E-state index in [1.54, 1.807) is 6.07 Å². The molecule has 6 nitrogen and oxygen atoms in total. The number of hydrogen-bond acceptors (Lipinski definition) is 5. The van der Waals surface area contributed by atoms with Gasteiger partial charge in [-0.2, -0.15) is 4.31 Å². The van der Waals surface area contributed by atoms with Crippen LogP contribution in [0.15, 0.2) is 47.4 Å². The van der Waals surface area contributed by atoms with Crippen molar-refractivity contribution in [2.45, 2.75) is 23.5 Å². The Labute approximate surface area is 171 Å². The summed E-state index contributed by atoms with van der Waals surface area (Å²) in [4.78, 5) is 11.9. The molecule has 1 aliphatic heterocycles. The number of halogens is 3. The van der Waals surface area contributed by atoms with Crippen LogP contribution in [0.25, 0.3) is 0 Å². The highest BCUT2D eigenvalue weighted by molar-refractivity contribution is 7.89. The first kappa shape index (κ1) is 20.9. The highest BCUT2D eigenvalue weighted by atomic mass is 35.5. The molecule has 0 aromatic heterocycles. The van der Waals surface area contributed by atoms with Gasteiger partial charge in [0.15, 0.2) is 11.6 Å². The van der Waals surface area contributed by atoms with E-state index in [1.165, 1.54) is 36.4 Å². The van der Waals surface area contributed by atoms with Crippen molar-refractivity contribution in [3.8, 4) is 5.75 Å². The van der Waals surface area contributed by atoms with E-state index >= 15 is 0 Å². The molecule has 1 aliphatic rings. The molecule has 1 heterocycles. The molecular weight excluding hydrogens is 432 g/mol. The maximum atomic E-state index is 13.9. The Balaban J connectivity index is 1.96. The van der Waals surface area contributed by atoms with Crippen molar-refractivity contribution in [2.24, 2.45) is 0 Å². The van der Waals surface area contributed by atoms with E-state index in [4.69, 9.17) is 32.7 Å². The number of nitrogens with zero attached hydrogens (tertiary/aromatic N) is 1. The summed E-state index contributed by atoms with van der Waals surface area (Å²) in [5.41, 5.74) is 0. The van der Waals surface area contributed by atoms with Gasteiger partial charge in [-0.1, -0.05) is 41.4 Å². The molecule has 0 amide bonds. The molecule has 0 N–H and O–H groups in total. The Morgan fingerprint density at radius 2 is 1.79 bits per heavy atom. The SMILES string of the molecule is COC(=O)[C@H]1C[C@@H](Oc2ccccc2F)CN1S(=O)(=O)c1c(Cl)cccc1Cl. The zero-order chi connectivity index (χ0) is 20.5. The van der Waals surface area contributed by atoms with Gasteiger partial charge >= 0.3 is 5.97 Å². The summed E-state index contributed by atoms with van der Waals surface area (Å²) in [6, 6.07) is 8.86. The number of esters is 1. The molecule has 0 spiro atoms. The molecule has 0 aliphatic carbocycles. The lowest BCUT2D eigenvalue weighted by Gasteiger charge is -2.22. The molecule has 2 atom stereocenters. The van der Waals surface area contributed by atoms with Crippen molar-refractivity contribution in [2.75, 3.05) is 13.7 Å². The van der Waals surface area contributed by atoms with Gasteiger partial charge < -0.3 is 9.47 Å². The van der Waals surface area contributed by atoms with Crippen LogP contribution < -0.4 is 4.74 Å². The van der Waals surface area contributed by atoms with Crippen LogP contribution in [0.5, 0.6) is 5.75 Å². The molecule has 1 saturated heterocycles. The van der Waals surface area contributed by atoms with E-state index in [0.717, 1.165) is 11.4 Å². The number of para-hydroxylation sites is 1. The monoisotopic (exact) mass is 447 g/mol. The predicted octanol–water partition coefficient (Wildman–Crippen LogP) is 3.52. The summed E-state index contributed by atoms with van der Waals surface area (Å²) >= 11 is 12.1. The summed E-state index contributed by atoms with van der Waals surface area (Å²) in [7, 11) is -3.09. The average molecular weight is 448 g/mol. The van der Waals surface area contributed by atoms with Gasteiger partial charge in [0.25, 0.3) is 0 Å². The van der Waals surface area contributed by atoms with E-state index < -0.39 is 34.0 Å². The smallest absolute Gasteiger partial charge is 0.324 e. The number of carbonyl (C=O) groups is 1. The average Bonchev–Trinajstić information content (AvgIpc) is 3.07. The molecular formula is C18H16Cl2FNO5S. The molecule has 1 fully saturated rings. The van der Waals surface area contributed by atoms with Crippen LogP contribution in [0.4, 0.5) is 4.39 Å². The van der Waals surface area contributed by atoms with Crippen LogP contribution in [0, 0.1) is 5.82 Å². The largest absolute Gasteiger partial charge is 0.486 e. The van der Waals surface area contributed by atoms with E-state index in [2.05, 4.69) is 0 Å². The lowest BCUT2D eigenvalue weighted by molar-refractivity contribution is -0.144. The summed E-state index contributed by atoms with van der Waals surface area (Å²) in [5, 5.41) is -0.149. The number of sulfonamides is 1. The standard InChI is InChI=1S/C18H16Cl2FNO5S/c1-26-18(23)15-9-11(27-16-8-3-2-7-14(16)21)10-22(15)28(24,25)17-12(19)5-4-6-13(17)20/h2-8,11,15H,9-10H2,1H3/t11-,15-/m1/s1. The zero-order valence-electron chi connectivity index (χ0n) is 14.6. The predicted molar refractivity (Wildman–Crippen MR) is 102 cm³/mol. The van der Waals surface area contributed by atoms with Crippen molar-refractivity contribution in [1.82, 2.24) is 4.31 Å². The Morgan fingerprint density at radius 3 is 2.39 bits per heavy atom. The topological polar surface area (TPSA) is 72.9 Å². The first-order chi connectivity index (χ1) is 13.3. The van der Waals surface area contributed by atoms with E-state index in [1.807, 2.05) is 0 Å². The molecule has 28 heavy (non-hydrogen) atoms. The zero-order valence-corrected chi connectivity index (χ0v) is 17.0. The molecule has 2 aromatic carbocycles. The fourth-order valence-corrected chi connectivity index (χ4v) is 5.75. The fraction of sp³-hybridized carbons (Fsp3) is 0.278. The van der Waals surface area contributed by atoms with Gasteiger partial charge in [0.1, 0.15) is 17.0 Å². The molecule has 150 valence electrons. The number of ether oxygens (including phenoxy) is 2. The van der Waals surface area contributed by atoms with Crippen LogP contribution in [0.2, 0.25) is 10.0 Å². The third kappa shape index (κ3) is 3.96. The number of rotatable bonds is 5. The Kier molecular flexibility index (Phi) is 6.14. The summed E-state index contributed by atoms with van der Waals surface area (Å²) in [6.45, 7) is -0.196. The van der Waals surface area contributed by atoms with Crippen molar-refractivity contribution in [3.63, 3.8) is 0 Å². The van der Waals surface area contributed by atoms with Crippen molar-refractivity contribution in [1.29, 1.82) is 0 Å². The Morgan fingerprint density at radius 1 is 1.14 bits per heavy atom. The van der Waals surface area contributed by atoms with Crippen LogP contribution in [0.3, 0.4) is 0 Å². The second-order valence-corrected chi connectivity index (χ2v) is 8.71. The van der Waals surface area contributed by atoms with Crippen LogP contribution in [0.1, 0.15) is 6.42 Å². The number of carbonyl (C=O) groups excluding carboxylic acids is 1. The normalized spacial score (nSPS) is 20.1. The molecule has 3 rings (SSSR count). The highest BCUT2D eigenvalue weighted by Gasteiger charge is 2.46. The molecule has 0 saturated carbocycles. The summed E-state index contributed by atoms with van der Waals surface area (Å²) in [5.74, 6) is -1.38. The maximum absolute atomic E-state index is 13.9. The highest BCUT2D eigenvalue weighted by Crippen LogP contribution is 2.36. The second-order valence-electron chi connectivity index (χ2n) is 6.07. The van der Waals surface area contributed by atoms with Crippen molar-refractivity contribution in [3.05, 3.63) is 58.3 Å². The number of methoxy groups -OCH3 is 1. The van der Waals surface area contributed by atoms with Crippen LogP contribution in [-0.2, 0) is 19.6 Å². The lowest BCUT2D eigenvalue weighted by Crippen LogP contribution is -2.41. The minimum Gasteiger partial charge on any atom is -0.486 e. The molecule has 0 radical (unpaired) electrons. The summed E-state index contributed by atoms with van der Waals surface area (Å²) < 4.78 is 51.5. The third-order valence-corrected chi connectivity index (χ3v) is 7.14. The summed E-state index contributed by atoms with van der Waals surface area (Å²) in [6.07, 6.45) is -0.778. The van der Waals surface area contributed by atoms with Gasteiger partial charge in [0.2, 0.25) is 10.0 Å². The maximum Gasteiger partial charge on any atom is 0.324 e. The van der Waals surface area contributed by atoms with Gasteiger partial charge in [0, 0.05) is 6.42 Å².